The summed E-state index contributed by atoms with van der Waals surface area (Å²) in [5, 5.41) is 1.56. The fourth-order valence-corrected chi connectivity index (χ4v) is 3.14. The quantitative estimate of drug-likeness (QED) is 0.690. The highest BCUT2D eigenvalue weighted by atomic mass is 32.2. The highest BCUT2D eigenvalue weighted by molar-refractivity contribution is 7.87. The van der Waals surface area contributed by atoms with Gasteiger partial charge >= 0.3 is 10.1 Å². The minimum Gasteiger partial charge on any atom is -0.497 e. The third-order valence-electron chi connectivity index (χ3n) is 3.28. The van der Waals surface area contributed by atoms with E-state index in [1.54, 1.807) is 43.5 Å². The predicted molar refractivity (Wildman–Crippen MR) is 84.8 cm³/mol. The lowest BCUT2D eigenvalue weighted by atomic mass is 10.1. The van der Waals surface area contributed by atoms with Gasteiger partial charge in [-0.15, -0.1) is 0 Å². The van der Waals surface area contributed by atoms with Crippen molar-refractivity contribution in [2.24, 2.45) is 0 Å². The Morgan fingerprint density at radius 2 is 1.64 bits per heavy atom. The van der Waals surface area contributed by atoms with E-state index in [4.69, 9.17) is 8.92 Å². The van der Waals surface area contributed by atoms with Gasteiger partial charge in [-0.1, -0.05) is 36.4 Å². The Kier molecular flexibility index (Phi) is 3.73. The lowest BCUT2D eigenvalue weighted by molar-refractivity contribution is 0.415. The molecule has 0 atom stereocenters. The number of methoxy groups -OCH3 is 1. The molecule has 3 aromatic carbocycles. The summed E-state index contributed by atoms with van der Waals surface area (Å²) in [5.41, 5.74) is 0. The van der Waals surface area contributed by atoms with Gasteiger partial charge in [0.15, 0.2) is 5.75 Å². The van der Waals surface area contributed by atoms with Gasteiger partial charge < -0.3 is 8.92 Å². The number of rotatable bonds is 4. The third kappa shape index (κ3) is 2.76. The average Bonchev–Trinajstić information content (AvgIpc) is 2.55. The van der Waals surface area contributed by atoms with Crippen LogP contribution in [0.25, 0.3) is 10.8 Å². The second-order valence-electron chi connectivity index (χ2n) is 4.69. The molecule has 0 bridgehead atoms. The fourth-order valence-electron chi connectivity index (χ4n) is 2.18. The Bertz CT molecular complexity index is 902. The summed E-state index contributed by atoms with van der Waals surface area (Å²) in [6.45, 7) is 0. The molecule has 3 rings (SSSR count). The molecule has 4 nitrogen and oxygen atoms in total. The first-order chi connectivity index (χ1) is 10.6. The first-order valence-electron chi connectivity index (χ1n) is 6.66. The first kappa shape index (κ1) is 14.4. The molecular weight excluding hydrogens is 300 g/mol. The molecule has 0 amide bonds. The maximum Gasteiger partial charge on any atom is 0.339 e. The molecule has 0 spiro atoms. The maximum absolute atomic E-state index is 12.3. The molecular formula is C17H14O4S. The van der Waals surface area contributed by atoms with Crippen molar-refractivity contribution >= 4 is 20.9 Å². The monoisotopic (exact) mass is 314 g/mol. The highest BCUT2D eigenvalue weighted by Crippen LogP contribution is 2.31. The molecule has 5 heteroatoms. The van der Waals surface area contributed by atoms with Crippen molar-refractivity contribution in [3.05, 3.63) is 66.7 Å². The van der Waals surface area contributed by atoms with Crippen molar-refractivity contribution < 1.29 is 17.3 Å². The van der Waals surface area contributed by atoms with Crippen molar-refractivity contribution in [2.75, 3.05) is 7.11 Å². The molecule has 0 heterocycles. The molecule has 0 fully saturated rings. The Morgan fingerprint density at radius 3 is 2.36 bits per heavy atom. The van der Waals surface area contributed by atoms with Crippen molar-refractivity contribution in [1.29, 1.82) is 0 Å². The summed E-state index contributed by atoms with van der Waals surface area (Å²) in [4.78, 5) is 0.120. The predicted octanol–water partition coefficient (Wildman–Crippen LogP) is 3.62. The number of ether oxygens (including phenoxy) is 1. The molecule has 0 aliphatic rings. The van der Waals surface area contributed by atoms with Crippen molar-refractivity contribution in [3.63, 3.8) is 0 Å². The van der Waals surface area contributed by atoms with Crippen LogP contribution in [-0.4, -0.2) is 15.5 Å². The van der Waals surface area contributed by atoms with E-state index in [2.05, 4.69) is 0 Å². The molecule has 0 radical (unpaired) electrons. The Labute approximate surface area is 129 Å². The maximum atomic E-state index is 12.3. The Balaban J connectivity index is 2.07. The largest absolute Gasteiger partial charge is 0.497 e. The van der Waals surface area contributed by atoms with Crippen LogP contribution in [0, 0.1) is 0 Å². The lowest BCUT2D eigenvalue weighted by Crippen LogP contribution is -2.09. The van der Waals surface area contributed by atoms with E-state index in [0.29, 0.717) is 11.1 Å². The fraction of sp³-hybridized carbons (Fsp3) is 0.0588. The number of fused-ring (bicyclic) bond motifs is 1. The van der Waals surface area contributed by atoms with E-state index in [1.807, 2.05) is 18.2 Å². The summed E-state index contributed by atoms with van der Waals surface area (Å²) >= 11 is 0. The number of hydrogen-bond acceptors (Lipinski definition) is 4. The van der Waals surface area contributed by atoms with Crippen molar-refractivity contribution in [3.8, 4) is 11.5 Å². The van der Waals surface area contributed by atoms with Crippen LogP contribution in [0.2, 0.25) is 0 Å². The molecule has 0 saturated heterocycles. The summed E-state index contributed by atoms with van der Waals surface area (Å²) in [6.07, 6.45) is 0. The van der Waals surface area contributed by atoms with Crippen LogP contribution in [-0.2, 0) is 10.1 Å². The standard InChI is InChI=1S/C17H14O4S/c1-20-14-11-10-13-6-5-9-17(16(13)12-14)21-22(18,19)15-7-3-2-4-8-15/h2-12H,1H3. The van der Waals surface area contributed by atoms with Gasteiger partial charge in [0.05, 0.1) is 7.11 Å². The topological polar surface area (TPSA) is 52.6 Å². The molecule has 0 aliphatic carbocycles. The van der Waals surface area contributed by atoms with Crippen molar-refractivity contribution in [1.82, 2.24) is 0 Å². The molecule has 0 N–H and O–H groups in total. The second-order valence-corrected chi connectivity index (χ2v) is 6.24. The van der Waals surface area contributed by atoms with Gasteiger partial charge in [0.2, 0.25) is 0 Å². The minimum atomic E-state index is -3.87. The van der Waals surface area contributed by atoms with Crippen molar-refractivity contribution in [2.45, 2.75) is 4.90 Å². The normalized spacial score (nSPS) is 11.3. The van der Waals surface area contributed by atoms with E-state index < -0.39 is 10.1 Å². The van der Waals surface area contributed by atoms with Gasteiger partial charge in [0, 0.05) is 5.39 Å². The molecule has 0 aromatic heterocycles. The van der Waals surface area contributed by atoms with Gasteiger partial charge in [-0.25, -0.2) is 0 Å². The second kappa shape index (κ2) is 5.69. The van der Waals surface area contributed by atoms with E-state index in [9.17, 15) is 8.42 Å². The molecule has 3 aromatic rings. The number of hydrogen-bond donors (Lipinski definition) is 0. The molecule has 112 valence electrons. The Morgan fingerprint density at radius 1 is 0.864 bits per heavy atom. The van der Waals surface area contributed by atoms with E-state index in [1.165, 1.54) is 12.1 Å². The lowest BCUT2D eigenvalue weighted by Gasteiger charge is -2.10. The zero-order valence-electron chi connectivity index (χ0n) is 11.9. The summed E-state index contributed by atoms with van der Waals surface area (Å²) in [7, 11) is -2.30. The Hall–Kier alpha value is -2.53. The van der Waals surface area contributed by atoms with Crippen LogP contribution < -0.4 is 8.92 Å². The van der Waals surface area contributed by atoms with Gasteiger partial charge in [0.25, 0.3) is 0 Å². The molecule has 0 saturated carbocycles. The van der Waals surface area contributed by atoms with Gasteiger partial charge in [-0.2, -0.15) is 8.42 Å². The molecule has 0 unspecified atom stereocenters. The zero-order valence-corrected chi connectivity index (χ0v) is 12.7. The number of benzene rings is 3. The highest BCUT2D eigenvalue weighted by Gasteiger charge is 2.17. The van der Waals surface area contributed by atoms with E-state index >= 15 is 0 Å². The van der Waals surface area contributed by atoms with Crippen LogP contribution in [0.4, 0.5) is 0 Å². The van der Waals surface area contributed by atoms with Crippen LogP contribution in [0.1, 0.15) is 0 Å². The van der Waals surface area contributed by atoms with E-state index in [-0.39, 0.29) is 10.6 Å². The summed E-state index contributed by atoms with van der Waals surface area (Å²) in [6, 6.07) is 18.8. The first-order valence-corrected chi connectivity index (χ1v) is 8.07. The zero-order chi connectivity index (χ0) is 15.6. The summed E-state index contributed by atoms with van der Waals surface area (Å²) in [5.74, 6) is 0.918. The van der Waals surface area contributed by atoms with Crippen LogP contribution in [0.5, 0.6) is 11.5 Å². The average molecular weight is 314 g/mol. The van der Waals surface area contributed by atoms with Crippen LogP contribution in [0.15, 0.2) is 71.6 Å². The van der Waals surface area contributed by atoms with Crippen LogP contribution >= 0.6 is 0 Å². The van der Waals surface area contributed by atoms with E-state index in [0.717, 1.165) is 5.39 Å². The SMILES string of the molecule is COc1ccc2cccc(OS(=O)(=O)c3ccccc3)c2c1. The third-order valence-corrected chi connectivity index (χ3v) is 4.53. The van der Waals surface area contributed by atoms with Gasteiger partial charge in [-0.3, -0.25) is 0 Å². The smallest absolute Gasteiger partial charge is 0.339 e. The van der Waals surface area contributed by atoms with Gasteiger partial charge in [0.1, 0.15) is 10.6 Å². The molecule has 22 heavy (non-hydrogen) atoms. The summed E-state index contributed by atoms with van der Waals surface area (Å²) < 4.78 is 35.2. The molecule has 0 aliphatic heterocycles. The minimum absolute atomic E-state index is 0.120. The van der Waals surface area contributed by atoms with Crippen LogP contribution in [0.3, 0.4) is 0 Å². The van der Waals surface area contributed by atoms with Gasteiger partial charge in [-0.05, 0) is 35.7 Å².